The number of rotatable bonds is 3. The highest BCUT2D eigenvalue weighted by molar-refractivity contribution is 9.10. The highest BCUT2D eigenvalue weighted by Gasteiger charge is 2.13. The smallest absolute Gasteiger partial charge is 0.274 e. The first kappa shape index (κ1) is 14.3. The molecule has 18 heavy (non-hydrogen) atoms. The van der Waals surface area contributed by atoms with Crippen LogP contribution in [0.3, 0.4) is 0 Å². The van der Waals surface area contributed by atoms with Gasteiger partial charge in [0.2, 0.25) is 0 Å². The Morgan fingerprint density at radius 3 is 2.83 bits per heavy atom. The molecule has 7 nitrogen and oxygen atoms in total. The number of hydrogen-bond donors (Lipinski definition) is 3. The number of aromatic hydroxyl groups is 1. The number of thiocarbonyl (C=S) groups is 1. The Balaban J connectivity index is 2.97. The average Bonchev–Trinajstić information content (AvgIpc) is 2.31. The minimum Gasteiger partial charge on any atom is -0.507 e. The van der Waals surface area contributed by atoms with Crippen LogP contribution < -0.4 is 10.7 Å². The minimum atomic E-state index is -0.597. The fourth-order valence-corrected chi connectivity index (χ4v) is 1.63. The molecule has 0 atom stereocenters. The topological polar surface area (TPSA) is 99.8 Å². The zero-order valence-corrected chi connectivity index (χ0v) is 11.6. The van der Waals surface area contributed by atoms with Crippen LogP contribution >= 0.6 is 28.1 Å². The first-order chi connectivity index (χ1) is 8.45. The predicted octanol–water partition coefficient (Wildman–Crippen LogP) is 1.49. The fourth-order valence-electron chi connectivity index (χ4n) is 1.03. The van der Waals surface area contributed by atoms with E-state index in [0.29, 0.717) is 15.1 Å². The van der Waals surface area contributed by atoms with Crippen LogP contribution in [0.4, 0.5) is 5.69 Å². The number of hydrazone groups is 1. The summed E-state index contributed by atoms with van der Waals surface area (Å²) in [7, 11) is 1.63. The number of phenolic OH excluding ortho intramolecular Hbond substituents is 1. The van der Waals surface area contributed by atoms with Gasteiger partial charge in [0.25, 0.3) is 5.69 Å². The molecule has 0 spiro atoms. The van der Waals surface area contributed by atoms with E-state index in [4.69, 9.17) is 12.2 Å². The number of hydrogen-bond acceptors (Lipinski definition) is 5. The molecule has 0 aliphatic rings. The maximum atomic E-state index is 10.6. The minimum absolute atomic E-state index is 0.213. The summed E-state index contributed by atoms with van der Waals surface area (Å²) in [5.74, 6) is -0.253. The third-order valence-electron chi connectivity index (χ3n) is 1.89. The molecule has 96 valence electrons. The number of nitro benzene ring substituents is 1. The van der Waals surface area contributed by atoms with Gasteiger partial charge in [0, 0.05) is 17.6 Å². The van der Waals surface area contributed by atoms with E-state index in [1.54, 1.807) is 7.05 Å². The molecule has 1 aromatic carbocycles. The van der Waals surface area contributed by atoms with E-state index in [0.717, 1.165) is 6.07 Å². The summed E-state index contributed by atoms with van der Waals surface area (Å²) in [6, 6.07) is 2.32. The Kier molecular flexibility index (Phi) is 4.98. The molecule has 0 amide bonds. The maximum Gasteiger partial charge on any atom is 0.274 e. The lowest BCUT2D eigenvalue weighted by Crippen LogP contribution is -2.28. The normalized spacial score (nSPS) is 10.3. The molecule has 1 aromatic rings. The zero-order chi connectivity index (χ0) is 13.7. The van der Waals surface area contributed by atoms with E-state index >= 15 is 0 Å². The Bertz CT molecular complexity index is 498. The highest BCUT2D eigenvalue weighted by Crippen LogP contribution is 2.30. The summed E-state index contributed by atoms with van der Waals surface area (Å²) in [5, 5.41) is 26.9. The molecule has 1 rings (SSSR count). The second-order valence-corrected chi connectivity index (χ2v) is 4.33. The Labute approximate surface area is 116 Å². The van der Waals surface area contributed by atoms with E-state index in [9.17, 15) is 15.2 Å². The number of phenols is 1. The third kappa shape index (κ3) is 3.64. The van der Waals surface area contributed by atoms with Crippen molar-refractivity contribution in [1.29, 1.82) is 0 Å². The molecule has 0 fully saturated rings. The molecule has 0 aliphatic heterocycles. The van der Waals surface area contributed by atoms with Crippen molar-refractivity contribution in [2.45, 2.75) is 0 Å². The van der Waals surface area contributed by atoms with Gasteiger partial charge >= 0.3 is 0 Å². The highest BCUT2D eigenvalue weighted by atomic mass is 79.9. The van der Waals surface area contributed by atoms with Crippen LogP contribution in [0.15, 0.2) is 21.7 Å². The second kappa shape index (κ2) is 6.26. The molecule has 0 unspecified atom stereocenters. The standard InChI is InChI=1S/C9H9BrN4O3S/c1-11-9(18)13-12-4-6-7(10)2-5(14(16)17)3-8(6)15/h2-4,15H,1H3,(H2,11,13,18). The van der Waals surface area contributed by atoms with Crippen molar-refractivity contribution in [3.05, 3.63) is 32.3 Å². The van der Waals surface area contributed by atoms with Crippen LogP contribution in [0.5, 0.6) is 5.75 Å². The van der Waals surface area contributed by atoms with Crippen LogP contribution in [0.25, 0.3) is 0 Å². The van der Waals surface area contributed by atoms with Gasteiger partial charge in [-0.3, -0.25) is 15.5 Å². The van der Waals surface area contributed by atoms with E-state index < -0.39 is 4.92 Å². The van der Waals surface area contributed by atoms with E-state index in [-0.39, 0.29) is 11.4 Å². The molecule has 0 heterocycles. The van der Waals surface area contributed by atoms with Gasteiger partial charge in [-0.05, 0) is 28.1 Å². The van der Waals surface area contributed by atoms with Gasteiger partial charge in [-0.1, -0.05) is 0 Å². The number of halogens is 1. The van der Waals surface area contributed by atoms with Crippen molar-refractivity contribution >= 4 is 45.2 Å². The Hall–Kier alpha value is -1.74. The van der Waals surface area contributed by atoms with Gasteiger partial charge in [-0.15, -0.1) is 0 Å². The number of nitro groups is 1. The van der Waals surface area contributed by atoms with Crippen molar-refractivity contribution in [3.63, 3.8) is 0 Å². The second-order valence-electron chi connectivity index (χ2n) is 3.07. The summed E-state index contributed by atoms with van der Waals surface area (Å²) in [4.78, 5) is 9.96. The molecule has 0 aromatic heterocycles. The van der Waals surface area contributed by atoms with Gasteiger partial charge in [-0.2, -0.15) is 5.10 Å². The van der Waals surface area contributed by atoms with Gasteiger partial charge in [-0.25, -0.2) is 0 Å². The van der Waals surface area contributed by atoms with Crippen molar-refractivity contribution in [2.75, 3.05) is 7.05 Å². The van der Waals surface area contributed by atoms with Crippen LogP contribution in [0.2, 0.25) is 0 Å². The van der Waals surface area contributed by atoms with Crippen molar-refractivity contribution in [1.82, 2.24) is 10.7 Å². The van der Waals surface area contributed by atoms with Crippen LogP contribution in [0.1, 0.15) is 5.56 Å². The number of nitrogens with one attached hydrogen (secondary N) is 2. The molecule has 0 saturated heterocycles. The Morgan fingerprint density at radius 1 is 1.67 bits per heavy atom. The summed E-state index contributed by atoms with van der Waals surface area (Å²) < 4.78 is 0.357. The lowest BCUT2D eigenvalue weighted by molar-refractivity contribution is -0.385. The first-order valence-corrected chi connectivity index (χ1v) is 5.83. The quantitative estimate of drug-likeness (QED) is 0.335. The Morgan fingerprint density at radius 2 is 2.33 bits per heavy atom. The summed E-state index contributed by atoms with van der Waals surface area (Å²) in [6.07, 6.45) is 1.30. The zero-order valence-electron chi connectivity index (χ0n) is 9.18. The van der Waals surface area contributed by atoms with Gasteiger partial charge in [0.15, 0.2) is 5.11 Å². The third-order valence-corrected chi connectivity index (χ3v) is 2.84. The predicted molar refractivity (Wildman–Crippen MR) is 74.8 cm³/mol. The molecular formula is C9H9BrN4O3S. The van der Waals surface area contributed by atoms with E-state index in [1.807, 2.05) is 0 Å². The first-order valence-electron chi connectivity index (χ1n) is 4.63. The summed E-state index contributed by atoms with van der Waals surface area (Å²) in [6.45, 7) is 0. The lowest BCUT2D eigenvalue weighted by atomic mass is 10.2. The molecule has 0 saturated carbocycles. The molecule has 9 heteroatoms. The number of non-ortho nitro benzene ring substituents is 1. The van der Waals surface area contributed by atoms with Crippen molar-refractivity contribution in [3.8, 4) is 5.75 Å². The van der Waals surface area contributed by atoms with Gasteiger partial charge in [0.05, 0.1) is 22.8 Å². The molecule has 0 aliphatic carbocycles. The molecule has 3 N–H and O–H groups in total. The van der Waals surface area contributed by atoms with Crippen LogP contribution in [0, 0.1) is 10.1 Å². The number of benzene rings is 1. The van der Waals surface area contributed by atoms with E-state index in [2.05, 4.69) is 31.8 Å². The molecule has 0 bridgehead atoms. The summed E-state index contributed by atoms with van der Waals surface area (Å²) >= 11 is 7.91. The largest absolute Gasteiger partial charge is 0.507 e. The van der Waals surface area contributed by atoms with Crippen molar-refractivity contribution < 1.29 is 10.0 Å². The SMILES string of the molecule is CNC(=S)NN=Cc1c(O)cc([N+](=O)[O-])cc1Br. The summed E-state index contributed by atoms with van der Waals surface area (Å²) in [5.41, 5.74) is 2.60. The molecular weight excluding hydrogens is 324 g/mol. The number of nitrogens with zero attached hydrogens (tertiary/aromatic N) is 2. The van der Waals surface area contributed by atoms with Gasteiger partial charge in [0.1, 0.15) is 5.75 Å². The van der Waals surface area contributed by atoms with Gasteiger partial charge < -0.3 is 10.4 Å². The van der Waals surface area contributed by atoms with Crippen LogP contribution in [-0.2, 0) is 0 Å². The van der Waals surface area contributed by atoms with Crippen molar-refractivity contribution in [2.24, 2.45) is 5.10 Å². The van der Waals surface area contributed by atoms with E-state index in [1.165, 1.54) is 12.3 Å². The average molecular weight is 333 g/mol. The fraction of sp³-hybridized carbons (Fsp3) is 0.111. The monoisotopic (exact) mass is 332 g/mol. The lowest BCUT2D eigenvalue weighted by Gasteiger charge is -2.03. The van der Waals surface area contributed by atoms with Crippen LogP contribution in [-0.4, -0.2) is 28.4 Å². The molecule has 0 radical (unpaired) electrons. The maximum absolute atomic E-state index is 10.6.